The SMILES string of the molecule is Cc1cccc(CN(C(=O)Cn2ccc(=O)n(C)c2=O)C2CC2)c1. The average molecular weight is 327 g/mol. The predicted octanol–water partition coefficient (Wildman–Crippen LogP) is 1.05. The lowest BCUT2D eigenvalue weighted by Crippen LogP contribution is -2.42. The lowest BCUT2D eigenvalue weighted by Gasteiger charge is -2.23. The van der Waals surface area contributed by atoms with Crippen LogP contribution in [-0.2, 0) is 24.9 Å². The van der Waals surface area contributed by atoms with Crippen molar-refractivity contribution in [2.45, 2.75) is 38.9 Å². The Morgan fingerprint density at radius 2 is 2.00 bits per heavy atom. The first kappa shape index (κ1) is 16.2. The molecule has 0 bridgehead atoms. The molecule has 1 aliphatic carbocycles. The Hall–Kier alpha value is -2.63. The summed E-state index contributed by atoms with van der Waals surface area (Å²) in [4.78, 5) is 38.1. The maximum atomic E-state index is 12.7. The summed E-state index contributed by atoms with van der Waals surface area (Å²) in [5.74, 6) is -0.0974. The Labute approximate surface area is 140 Å². The molecule has 1 heterocycles. The van der Waals surface area contributed by atoms with Crippen molar-refractivity contribution in [1.29, 1.82) is 0 Å². The standard InChI is InChI=1S/C18H21N3O3/c1-13-4-3-5-14(10-13)11-21(15-6-7-15)17(23)12-20-9-8-16(22)19(2)18(20)24/h3-5,8-10,15H,6-7,11-12H2,1-2H3. The molecule has 126 valence electrons. The highest BCUT2D eigenvalue weighted by molar-refractivity contribution is 5.76. The van der Waals surface area contributed by atoms with Crippen LogP contribution in [-0.4, -0.2) is 26.0 Å². The van der Waals surface area contributed by atoms with Crippen LogP contribution in [0.3, 0.4) is 0 Å². The topological polar surface area (TPSA) is 64.3 Å². The average Bonchev–Trinajstić information content (AvgIpc) is 3.38. The van der Waals surface area contributed by atoms with Gasteiger partial charge in [-0.05, 0) is 25.3 Å². The molecular weight excluding hydrogens is 306 g/mol. The van der Waals surface area contributed by atoms with E-state index in [1.807, 2.05) is 30.0 Å². The van der Waals surface area contributed by atoms with Crippen LogP contribution in [0.5, 0.6) is 0 Å². The number of carbonyl (C=O) groups is 1. The summed E-state index contributed by atoms with van der Waals surface area (Å²) in [6.45, 7) is 2.53. The fourth-order valence-corrected chi connectivity index (χ4v) is 2.79. The smallest absolute Gasteiger partial charge is 0.331 e. The Morgan fingerprint density at radius 3 is 2.67 bits per heavy atom. The number of aromatic nitrogens is 2. The minimum atomic E-state index is -0.470. The fourth-order valence-electron chi connectivity index (χ4n) is 2.79. The summed E-state index contributed by atoms with van der Waals surface area (Å²) >= 11 is 0. The van der Waals surface area contributed by atoms with E-state index >= 15 is 0 Å². The number of hydrogen-bond donors (Lipinski definition) is 0. The van der Waals surface area contributed by atoms with Gasteiger partial charge >= 0.3 is 5.69 Å². The summed E-state index contributed by atoms with van der Waals surface area (Å²) < 4.78 is 2.30. The molecule has 0 unspecified atom stereocenters. The molecule has 24 heavy (non-hydrogen) atoms. The molecule has 0 aliphatic heterocycles. The van der Waals surface area contributed by atoms with Gasteiger partial charge in [0.2, 0.25) is 5.91 Å². The van der Waals surface area contributed by atoms with Crippen LogP contribution in [0.25, 0.3) is 0 Å². The Morgan fingerprint density at radius 1 is 1.25 bits per heavy atom. The summed E-state index contributed by atoms with van der Waals surface area (Å²) in [5.41, 5.74) is 1.40. The molecule has 0 atom stereocenters. The Bertz CT molecular complexity index is 878. The third-order valence-corrected chi connectivity index (χ3v) is 4.31. The summed E-state index contributed by atoms with van der Waals surface area (Å²) in [5, 5.41) is 0. The van der Waals surface area contributed by atoms with E-state index in [2.05, 4.69) is 6.07 Å². The Kier molecular flexibility index (Phi) is 4.38. The molecule has 0 spiro atoms. The number of benzene rings is 1. The van der Waals surface area contributed by atoms with Crippen LogP contribution in [0.2, 0.25) is 0 Å². The molecule has 0 saturated heterocycles. The second-order valence-corrected chi connectivity index (χ2v) is 6.37. The van der Waals surface area contributed by atoms with Crippen LogP contribution in [0.4, 0.5) is 0 Å². The van der Waals surface area contributed by atoms with Crippen LogP contribution in [0.1, 0.15) is 24.0 Å². The third-order valence-electron chi connectivity index (χ3n) is 4.31. The highest BCUT2D eigenvalue weighted by Crippen LogP contribution is 2.28. The van der Waals surface area contributed by atoms with Crippen LogP contribution >= 0.6 is 0 Å². The van der Waals surface area contributed by atoms with Gasteiger partial charge in [-0.25, -0.2) is 4.79 Å². The van der Waals surface area contributed by atoms with Gasteiger partial charge in [0.25, 0.3) is 5.56 Å². The van der Waals surface area contributed by atoms with E-state index in [0.29, 0.717) is 6.54 Å². The third kappa shape index (κ3) is 3.48. The molecule has 1 aromatic heterocycles. The molecule has 6 nitrogen and oxygen atoms in total. The predicted molar refractivity (Wildman–Crippen MR) is 90.7 cm³/mol. The second-order valence-electron chi connectivity index (χ2n) is 6.37. The first-order valence-electron chi connectivity index (χ1n) is 8.07. The molecule has 1 aromatic carbocycles. The van der Waals surface area contributed by atoms with Crippen molar-refractivity contribution in [3.63, 3.8) is 0 Å². The van der Waals surface area contributed by atoms with Gasteiger partial charge in [0, 0.05) is 31.9 Å². The maximum absolute atomic E-state index is 12.7. The fraction of sp³-hybridized carbons (Fsp3) is 0.389. The van der Waals surface area contributed by atoms with E-state index in [1.165, 1.54) is 23.9 Å². The molecule has 3 rings (SSSR count). The number of nitrogens with zero attached hydrogens (tertiary/aromatic N) is 3. The zero-order chi connectivity index (χ0) is 17.3. The normalized spacial score (nSPS) is 13.8. The maximum Gasteiger partial charge on any atom is 0.331 e. The number of hydrogen-bond acceptors (Lipinski definition) is 3. The lowest BCUT2D eigenvalue weighted by molar-refractivity contribution is -0.133. The van der Waals surface area contributed by atoms with Crippen molar-refractivity contribution < 1.29 is 4.79 Å². The zero-order valence-corrected chi connectivity index (χ0v) is 13.9. The van der Waals surface area contributed by atoms with E-state index in [-0.39, 0.29) is 24.1 Å². The van der Waals surface area contributed by atoms with Crippen LogP contribution in [0, 0.1) is 6.92 Å². The van der Waals surface area contributed by atoms with Gasteiger partial charge < -0.3 is 4.90 Å². The van der Waals surface area contributed by atoms with Gasteiger partial charge in [0.15, 0.2) is 0 Å². The van der Waals surface area contributed by atoms with Crippen LogP contribution in [0.15, 0.2) is 46.1 Å². The molecule has 1 saturated carbocycles. The number of amides is 1. The van der Waals surface area contributed by atoms with E-state index in [1.54, 1.807) is 0 Å². The molecule has 1 amide bonds. The van der Waals surface area contributed by atoms with E-state index in [0.717, 1.165) is 28.5 Å². The molecular formula is C18H21N3O3. The minimum Gasteiger partial charge on any atom is -0.334 e. The van der Waals surface area contributed by atoms with E-state index in [4.69, 9.17) is 0 Å². The number of rotatable bonds is 5. The quantitative estimate of drug-likeness (QED) is 0.824. The van der Waals surface area contributed by atoms with Gasteiger partial charge in [0.05, 0.1) is 0 Å². The van der Waals surface area contributed by atoms with E-state index < -0.39 is 5.69 Å². The van der Waals surface area contributed by atoms with Crippen molar-refractivity contribution in [2.75, 3.05) is 0 Å². The van der Waals surface area contributed by atoms with Crippen molar-refractivity contribution in [3.8, 4) is 0 Å². The molecule has 0 N–H and O–H groups in total. The molecule has 1 aliphatic rings. The molecule has 1 fully saturated rings. The largest absolute Gasteiger partial charge is 0.334 e. The summed E-state index contributed by atoms with van der Waals surface area (Å²) in [6, 6.07) is 9.64. The summed E-state index contributed by atoms with van der Waals surface area (Å²) in [6.07, 6.45) is 3.39. The van der Waals surface area contributed by atoms with Crippen molar-refractivity contribution in [2.24, 2.45) is 7.05 Å². The van der Waals surface area contributed by atoms with Gasteiger partial charge in [0.1, 0.15) is 6.54 Å². The first-order valence-corrected chi connectivity index (χ1v) is 8.07. The molecule has 2 aromatic rings. The van der Waals surface area contributed by atoms with Gasteiger partial charge in [-0.1, -0.05) is 29.8 Å². The lowest BCUT2D eigenvalue weighted by atomic mass is 10.1. The van der Waals surface area contributed by atoms with Gasteiger partial charge in [-0.3, -0.25) is 18.7 Å². The number of carbonyl (C=O) groups excluding carboxylic acids is 1. The summed E-state index contributed by atoms with van der Waals surface area (Å²) in [7, 11) is 1.41. The molecule has 0 radical (unpaired) electrons. The highest BCUT2D eigenvalue weighted by Gasteiger charge is 2.32. The second kappa shape index (κ2) is 6.47. The van der Waals surface area contributed by atoms with Gasteiger partial charge in [-0.2, -0.15) is 0 Å². The first-order chi connectivity index (χ1) is 11.5. The number of aryl methyl sites for hydroxylation is 1. The van der Waals surface area contributed by atoms with Crippen molar-refractivity contribution in [1.82, 2.24) is 14.0 Å². The van der Waals surface area contributed by atoms with Crippen LogP contribution < -0.4 is 11.2 Å². The Balaban J connectivity index is 1.79. The molecule has 6 heteroatoms. The van der Waals surface area contributed by atoms with Crippen molar-refractivity contribution >= 4 is 5.91 Å². The minimum absolute atomic E-state index is 0.0464. The van der Waals surface area contributed by atoms with Gasteiger partial charge in [-0.15, -0.1) is 0 Å². The highest BCUT2D eigenvalue weighted by atomic mass is 16.2. The zero-order valence-electron chi connectivity index (χ0n) is 13.9. The van der Waals surface area contributed by atoms with Crippen molar-refractivity contribution in [3.05, 3.63) is 68.5 Å². The monoisotopic (exact) mass is 327 g/mol. The van der Waals surface area contributed by atoms with E-state index in [9.17, 15) is 14.4 Å².